The van der Waals surface area contributed by atoms with Crippen molar-refractivity contribution in [3.05, 3.63) is 34.9 Å². The Kier molecular flexibility index (Phi) is 5.74. The van der Waals surface area contributed by atoms with Crippen LogP contribution in [0, 0.1) is 29.1 Å². The number of nitriles is 1. The fraction of sp³-hybridized carbons (Fsp3) is 0.625. The quantitative estimate of drug-likeness (QED) is 0.517. The van der Waals surface area contributed by atoms with Crippen molar-refractivity contribution in [3.63, 3.8) is 0 Å². The van der Waals surface area contributed by atoms with Crippen molar-refractivity contribution in [1.29, 1.82) is 5.26 Å². The van der Waals surface area contributed by atoms with Crippen molar-refractivity contribution in [3.8, 4) is 17.9 Å². The van der Waals surface area contributed by atoms with Crippen molar-refractivity contribution >= 4 is 0 Å². The number of nitrogens with zero attached hydrogens (tertiary/aromatic N) is 1. The van der Waals surface area contributed by atoms with Crippen molar-refractivity contribution in [2.75, 3.05) is 7.11 Å². The second-order valence-electron chi connectivity index (χ2n) is 8.11. The van der Waals surface area contributed by atoms with Gasteiger partial charge in [-0.05, 0) is 80.0 Å². The van der Waals surface area contributed by atoms with Crippen LogP contribution in [0.1, 0.15) is 81.9 Å². The Morgan fingerprint density at radius 2 is 2.12 bits per heavy atom. The number of ether oxygens (including phenoxy) is 1. The zero-order chi connectivity index (χ0) is 18.6. The summed E-state index contributed by atoms with van der Waals surface area (Å²) in [5.41, 5.74) is 3.69. The molecule has 2 aliphatic carbocycles. The normalized spacial score (nSPS) is 29.7. The molecule has 138 valence electrons. The molecule has 2 aliphatic rings. The van der Waals surface area contributed by atoms with Crippen molar-refractivity contribution < 1.29 is 4.74 Å². The number of benzene rings is 1. The molecule has 26 heavy (non-hydrogen) atoms. The molecule has 1 saturated carbocycles. The average Bonchev–Trinajstić information content (AvgIpc) is 2.68. The monoisotopic (exact) mass is 349 g/mol. The van der Waals surface area contributed by atoms with E-state index in [1.807, 2.05) is 20.1 Å². The molecule has 0 N–H and O–H groups in total. The average molecular weight is 350 g/mol. The van der Waals surface area contributed by atoms with Gasteiger partial charge in [-0.2, -0.15) is 5.26 Å². The van der Waals surface area contributed by atoms with E-state index in [0.29, 0.717) is 5.92 Å². The van der Waals surface area contributed by atoms with Crippen LogP contribution in [0.25, 0.3) is 0 Å². The molecule has 1 fully saturated rings. The summed E-state index contributed by atoms with van der Waals surface area (Å²) in [7, 11) is 1.82. The van der Waals surface area contributed by atoms with E-state index in [2.05, 4.69) is 37.0 Å². The molecule has 2 nitrogen and oxygen atoms in total. The summed E-state index contributed by atoms with van der Waals surface area (Å²) in [6.07, 6.45) is 10.5. The Labute approximate surface area is 158 Å². The first-order valence-corrected chi connectivity index (χ1v) is 10.2. The lowest BCUT2D eigenvalue weighted by Crippen LogP contribution is -2.50. The minimum Gasteiger partial charge on any atom is -0.366 e. The van der Waals surface area contributed by atoms with Gasteiger partial charge in [0.15, 0.2) is 0 Å². The summed E-state index contributed by atoms with van der Waals surface area (Å²) in [6, 6.07) is 8.73. The smallest absolute Gasteiger partial charge is 0.128 e. The number of aryl methyl sites for hydroxylation is 1. The zero-order valence-electron chi connectivity index (χ0n) is 16.5. The van der Waals surface area contributed by atoms with E-state index in [9.17, 15) is 5.26 Å². The topological polar surface area (TPSA) is 33.0 Å². The van der Waals surface area contributed by atoms with E-state index >= 15 is 0 Å². The van der Waals surface area contributed by atoms with E-state index in [-0.39, 0.29) is 11.0 Å². The van der Waals surface area contributed by atoms with Gasteiger partial charge in [-0.3, -0.25) is 0 Å². The fourth-order valence-corrected chi connectivity index (χ4v) is 5.48. The molecule has 2 heteroatoms. The molecule has 0 heterocycles. The maximum atomic E-state index is 9.29. The third-order valence-electron chi connectivity index (χ3n) is 6.84. The number of fused-ring (bicyclic) bond motifs is 3. The molecule has 0 bridgehead atoms. The van der Waals surface area contributed by atoms with Crippen molar-refractivity contribution in [2.24, 2.45) is 5.92 Å². The SMILES string of the molecule is CC#C[C@]1(OC)CC[C@@]2(CCCCC)c3ccc(C#N)cc3CC[C@@H]2C1. The fourth-order valence-electron chi connectivity index (χ4n) is 5.48. The highest BCUT2D eigenvalue weighted by Gasteiger charge is 2.51. The lowest BCUT2D eigenvalue weighted by Gasteiger charge is -2.53. The lowest BCUT2D eigenvalue weighted by molar-refractivity contribution is -0.0422. The summed E-state index contributed by atoms with van der Waals surface area (Å²) < 4.78 is 5.95. The van der Waals surface area contributed by atoms with Gasteiger partial charge >= 0.3 is 0 Å². The van der Waals surface area contributed by atoms with E-state index in [4.69, 9.17) is 4.74 Å². The van der Waals surface area contributed by atoms with Gasteiger partial charge in [0.1, 0.15) is 5.60 Å². The number of hydrogen-bond donors (Lipinski definition) is 0. The van der Waals surface area contributed by atoms with Gasteiger partial charge in [0.05, 0.1) is 11.6 Å². The van der Waals surface area contributed by atoms with Gasteiger partial charge in [0.2, 0.25) is 0 Å². The molecule has 0 spiro atoms. The maximum absolute atomic E-state index is 9.29. The molecule has 3 atom stereocenters. The van der Waals surface area contributed by atoms with Crippen LogP contribution in [0.3, 0.4) is 0 Å². The van der Waals surface area contributed by atoms with Gasteiger partial charge in [0, 0.05) is 7.11 Å². The number of unbranched alkanes of at least 4 members (excludes halogenated alkanes) is 2. The molecule has 3 rings (SSSR count). The summed E-state index contributed by atoms with van der Waals surface area (Å²) in [5, 5.41) is 9.29. The highest BCUT2D eigenvalue weighted by molar-refractivity contribution is 5.45. The first-order chi connectivity index (χ1) is 12.6. The van der Waals surface area contributed by atoms with Crippen LogP contribution < -0.4 is 0 Å². The molecule has 0 aromatic heterocycles. The Balaban J connectivity index is 2.00. The van der Waals surface area contributed by atoms with E-state index in [1.165, 1.54) is 43.2 Å². The predicted molar refractivity (Wildman–Crippen MR) is 106 cm³/mol. The molecule has 1 aromatic rings. The number of hydrogen-bond acceptors (Lipinski definition) is 2. The minimum atomic E-state index is -0.266. The van der Waals surface area contributed by atoms with Gasteiger partial charge in [-0.25, -0.2) is 0 Å². The summed E-state index contributed by atoms with van der Waals surface area (Å²) in [4.78, 5) is 0. The van der Waals surface area contributed by atoms with Crippen LogP contribution >= 0.6 is 0 Å². The highest BCUT2D eigenvalue weighted by atomic mass is 16.5. The number of rotatable bonds is 5. The molecule has 0 unspecified atom stereocenters. The van der Waals surface area contributed by atoms with Crippen LogP contribution in [0.4, 0.5) is 0 Å². The summed E-state index contributed by atoms with van der Waals surface area (Å²) in [6.45, 7) is 4.19. The maximum Gasteiger partial charge on any atom is 0.128 e. The molecule has 0 radical (unpaired) electrons. The van der Waals surface area contributed by atoms with E-state index in [0.717, 1.165) is 31.2 Å². The third-order valence-corrected chi connectivity index (χ3v) is 6.84. The molecule has 0 saturated heterocycles. The van der Waals surface area contributed by atoms with Crippen molar-refractivity contribution in [2.45, 2.75) is 82.7 Å². The largest absolute Gasteiger partial charge is 0.366 e. The summed E-state index contributed by atoms with van der Waals surface area (Å²) in [5.74, 6) is 7.12. The second kappa shape index (κ2) is 7.85. The standard InChI is InChI=1S/C24H31NO/c1-4-6-7-13-24-15-14-23(26-3,12-5-2)17-21(24)10-9-20-16-19(18-25)8-11-22(20)24/h8,11,16,21H,4,6-7,9-10,13-15,17H2,1-3H3/t21-,23+,24-/m1/s1. The Hall–Kier alpha value is -1.77. The van der Waals surface area contributed by atoms with Crippen LogP contribution in [0.5, 0.6) is 0 Å². The van der Waals surface area contributed by atoms with Crippen LogP contribution in [0.2, 0.25) is 0 Å². The van der Waals surface area contributed by atoms with Crippen LogP contribution in [-0.2, 0) is 16.6 Å². The van der Waals surface area contributed by atoms with Gasteiger partial charge in [-0.1, -0.05) is 38.2 Å². The third kappa shape index (κ3) is 3.28. The zero-order valence-corrected chi connectivity index (χ0v) is 16.5. The molecular formula is C24H31NO. The van der Waals surface area contributed by atoms with Crippen LogP contribution in [0.15, 0.2) is 18.2 Å². The molecule has 1 aromatic carbocycles. The summed E-state index contributed by atoms with van der Waals surface area (Å²) >= 11 is 0. The number of methoxy groups -OCH3 is 1. The predicted octanol–water partition coefficient (Wildman–Crippen LogP) is 5.53. The van der Waals surface area contributed by atoms with Crippen LogP contribution in [-0.4, -0.2) is 12.7 Å². The lowest BCUT2D eigenvalue weighted by atomic mass is 9.53. The Morgan fingerprint density at radius 1 is 1.27 bits per heavy atom. The molecular weight excluding hydrogens is 318 g/mol. The van der Waals surface area contributed by atoms with Crippen molar-refractivity contribution in [1.82, 2.24) is 0 Å². The highest BCUT2D eigenvalue weighted by Crippen LogP contribution is 2.55. The van der Waals surface area contributed by atoms with E-state index < -0.39 is 0 Å². The first kappa shape index (κ1) is 19.0. The minimum absolute atomic E-state index is 0.244. The molecule has 0 aliphatic heterocycles. The van der Waals surface area contributed by atoms with Gasteiger partial charge in [0.25, 0.3) is 0 Å². The second-order valence-corrected chi connectivity index (χ2v) is 8.11. The molecule has 0 amide bonds. The first-order valence-electron chi connectivity index (χ1n) is 10.2. The van der Waals surface area contributed by atoms with E-state index in [1.54, 1.807) is 0 Å². The Bertz CT molecular complexity index is 750. The Morgan fingerprint density at radius 3 is 2.81 bits per heavy atom. The van der Waals surface area contributed by atoms with Gasteiger partial charge in [-0.15, -0.1) is 5.92 Å². The van der Waals surface area contributed by atoms with Gasteiger partial charge < -0.3 is 4.74 Å².